The van der Waals surface area contributed by atoms with Crippen LogP contribution in [0.2, 0.25) is 0 Å². The molecule has 0 aliphatic heterocycles. The average Bonchev–Trinajstić information content (AvgIpc) is 2.67. The monoisotopic (exact) mass is 374 g/mol. The molecule has 2 N–H and O–H groups in total. The van der Waals surface area contributed by atoms with Gasteiger partial charge in [-0.3, -0.25) is 14.9 Å². The summed E-state index contributed by atoms with van der Waals surface area (Å²) >= 11 is 0. The van der Waals surface area contributed by atoms with E-state index in [-0.39, 0.29) is 17.1 Å². The number of anilines is 1. The Morgan fingerprint density at radius 1 is 1.19 bits per heavy atom. The molecule has 0 aromatic heterocycles. The molecule has 0 fully saturated rings. The Bertz CT molecular complexity index is 839. The number of nitro benzene ring substituents is 1. The number of methoxy groups -OCH3 is 1. The number of non-ortho nitro benzene ring substituents is 1. The fraction of sp³-hybridized carbons (Fsp3) is 0.222. The number of amides is 1. The third-order valence-electron chi connectivity index (χ3n) is 3.65. The lowest BCUT2D eigenvalue weighted by atomic mass is 10.1. The van der Waals surface area contributed by atoms with Crippen LogP contribution in [0, 0.1) is 10.1 Å². The van der Waals surface area contributed by atoms with Gasteiger partial charge in [0.2, 0.25) is 0 Å². The van der Waals surface area contributed by atoms with Crippen LogP contribution in [0.15, 0.2) is 48.5 Å². The van der Waals surface area contributed by atoms with E-state index >= 15 is 0 Å². The second-order valence-corrected chi connectivity index (χ2v) is 5.52. The molecular weight excluding hydrogens is 356 g/mol. The van der Waals surface area contributed by atoms with Crippen LogP contribution in [-0.4, -0.2) is 35.1 Å². The highest BCUT2D eigenvalue weighted by atomic mass is 16.6. The first-order chi connectivity index (χ1) is 12.8. The van der Waals surface area contributed by atoms with Gasteiger partial charge >= 0.3 is 5.97 Å². The number of carbonyl (C=O) groups excluding carboxylic acids is 2. The van der Waals surface area contributed by atoms with Gasteiger partial charge in [-0.2, -0.15) is 0 Å². The summed E-state index contributed by atoms with van der Waals surface area (Å²) in [6, 6.07) is 11.8. The first-order valence-electron chi connectivity index (χ1n) is 7.90. The van der Waals surface area contributed by atoms with Gasteiger partial charge in [-0.1, -0.05) is 30.3 Å². The van der Waals surface area contributed by atoms with E-state index < -0.39 is 29.0 Å². The molecule has 2 aromatic rings. The number of rotatable bonds is 7. The fourth-order valence-corrected chi connectivity index (χ4v) is 2.19. The highest BCUT2D eigenvalue weighted by Crippen LogP contribution is 2.29. The summed E-state index contributed by atoms with van der Waals surface area (Å²) in [4.78, 5) is 34.4. The molecule has 9 heteroatoms. The number of aliphatic hydroxyl groups is 1. The molecule has 27 heavy (non-hydrogen) atoms. The number of nitro groups is 1. The van der Waals surface area contributed by atoms with Gasteiger partial charge in [0.05, 0.1) is 23.8 Å². The van der Waals surface area contributed by atoms with Gasteiger partial charge in [0, 0.05) is 6.07 Å². The SMILES string of the molecule is COc1cc([N+](=O)[O-])ccc1NC(=O)[C@H](C)OC(=O)[C@@H](O)c1ccccc1. The molecule has 2 atom stereocenters. The summed E-state index contributed by atoms with van der Waals surface area (Å²) in [7, 11) is 1.30. The zero-order chi connectivity index (χ0) is 20.0. The van der Waals surface area contributed by atoms with Gasteiger partial charge in [0.25, 0.3) is 11.6 Å². The number of hydrogen-bond donors (Lipinski definition) is 2. The predicted octanol–water partition coefficient (Wildman–Crippen LogP) is 2.21. The van der Waals surface area contributed by atoms with E-state index in [1.807, 2.05) is 0 Å². The third-order valence-corrected chi connectivity index (χ3v) is 3.65. The Hall–Kier alpha value is -3.46. The van der Waals surface area contributed by atoms with E-state index in [1.165, 1.54) is 26.2 Å². The molecule has 0 radical (unpaired) electrons. The van der Waals surface area contributed by atoms with Gasteiger partial charge in [0.15, 0.2) is 12.2 Å². The molecule has 9 nitrogen and oxygen atoms in total. The van der Waals surface area contributed by atoms with Crippen molar-refractivity contribution in [3.05, 3.63) is 64.2 Å². The maximum Gasteiger partial charge on any atom is 0.340 e. The quantitative estimate of drug-likeness (QED) is 0.432. The van der Waals surface area contributed by atoms with Crippen LogP contribution < -0.4 is 10.1 Å². The van der Waals surface area contributed by atoms with Crippen molar-refractivity contribution >= 4 is 23.3 Å². The number of aliphatic hydroxyl groups excluding tert-OH is 1. The van der Waals surface area contributed by atoms with Gasteiger partial charge < -0.3 is 19.9 Å². The van der Waals surface area contributed by atoms with Crippen LogP contribution in [0.4, 0.5) is 11.4 Å². The minimum Gasteiger partial charge on any atom is -0.494 e. The minimum atomic E-state index is -1.52. The second-order valence-electron chi connectivity index (χ2n) is 5.52. The zero-order valence-electron chi connectivity index (χ0n) is 14.6. The number of hydrogen-bond acceptors (Lipinski definition) is 7. The Morgan fingerprint density at radius 3 is 2.44 bits per heavy atom. The van der Waals surface area contributed by atoms with Crippen LogP contribution in [-0.2, 0) is 14.3 Å². The summed E-state index contributed by atoms with van der Waals surface area (Å²) < 4.78 is 10.0. The van der Waals surface area contributed by atoms with Crippen molar-refractivity contribution in [1.82, 2.24) is 0 Å². The minimum absolute atomic E-state index is 0.0837. The molecule has 0 saturated carbocycles. The van der Waals surface area contributed by atoms with Gasteiger partial charge in [-0.25, -0.2) is 4.79 Å². The Morgan fingerprint density at radius 2 is 1.85 bits per heavy atom. The molecule has 0 heterocycles. The van der Waals surface area contributed by atoms with Crippen LogP contribution >= 0.6 is 0 Å². The first-order valence-corrected chi connectivity index (χ1v) is 7.90. The van der Waals surface area contributed by atoms with Crippen molar-refractivity contribution in [1.29, 1.82) is 0 Å². The lowest BCUT2D eigenvalue weighted by molar-refractivity contribution is -0.384. The topological polar surface area (TPSA) is 128 Å². The van der Waals surface area contributed by atoms with E-state index in [2.05, 4.69) is 5.32 Å². The molecule has 1 amide bonds. The van der Waals surface area contributed by atoms with Crippen molar-refractivity contribution in [2.75, 3.05) is 12.4 Å². The summed E-state index contributed by atoms with van der Waals surface area (Å²) in [5, 5.41) is 23.2. The molecule has 0 saturated heterocycles. The number of benzene rings is 2. The third kappa shape index (κ3) is 5.02. The number of ether oxygens (including phenoxy) is 2. The van der Waals surface area contributed by atoms with Crippen molar-refractivity contribution in [3.8, 4) is 5.75 Å². The van der Waals surface area contributed by atoms with E-state index in [9.17, 15) is 24.8 Å². The number of nitrogens with zero attached hydrogens (tertiary/aromatic N) is 1. The molecule has 0 spiro atoms. The molecule has 0 unspecified atom stereocenters. The highest BCUT2D eigenvalue weighted by molar-refractivity contribution is 5.96. The van der Waals surface area contributed by atoms with Crippen LogP contribution in [0.25, 0.3) is 0 Å². The lowest BCUT2D eigenvalue weighted by Gasteiger charge is -2.17. The smallest absolute Gasteiger partial charge is 0.340 e. The Balaban J connectivity index is 2.03. The average molecular weight is 374 g/mol. The maximum atomic E-state index is 12.2. The molecule has 0 bridgehead atoms. The Labute approximate surface area is 154 Å². The van der Waals surface area contributed by atoms with E-state index in [1.54, 1.807) is 30.3 Å². The number of nitrogens with one attached hydrogen (secondary N) is 1. The van der Waals surface area contributed by atoms with Gasteiger partial charge in [-0.15, -0.1) is 0 Å². The standard InChI is InChI=1S/C18H18N2O7/c1-11(27-18(23)16(21)12-6-4-3-5-7-12)17(22)19-14-9-8-13(20(24)25)10-15(14)26-2/h3-11,16,21H,1-2H3,(H,19,22)/t11-,16-/m0/s1. The Kier molecular flexibility index (Phi) is 6.45. The van der Waals surface area contributed by atoms with Crippen molar-refractivity contribution in [2.24, 2.45) is 0 Å². The van der Waals surface area contributed by atoms with Crippen molar-refractivity contribution < 1.29 is 29.1 Å². The molecule has 0 aliphatic rings. The van der Waals surface area contributed by atoms with E-state index in [0.717, 1.165) is 6.07 Å². The van der Waals surface area contributed by atoms with Gasteiger partial charge in [-0.05, 0) is 18.6 Å². The van der Waals surface area contributed by atoms with Crippen LogP contribution in [0.1, 0.15) is 18.6 Å². The summed E-state index contributed by atoms with van der Waals surface area (Å²) in [6.45, 7) is 1.34. The number of carbonyl (C=O) groups is 2. The molecule has 2 aromatic carbocycles. The van der Waals surface area contributed by atoms with Crippen LogP contribution in [0.3, 0.4) is 0 Å². The predicted molar refractivity (Wildman–Crippen MR) is 95.2 cm³/mol. The van der Waals surface area contributed by atoms with Crippen molar-refractivity contribution in [2.45, 2.75) is 19.1 Å². The van der Waals surface area contributed by atoms with Crippen LogP contribution in [0.5, 0.6) is 5.75 Å². The zero-order valence-corrected chi connectivity index (χ0v) is 14.6. The maximum absolute atomic E-state index is 12.2. The van der Waals surface area contributed by atoms with E-state index in [4.69, 9.17) is 9.47 Å². The molecular formula is C18H18N2O7. The van der Waals surface area contributed by atoms with Crippen molar-refractivity contribution in [3.63, 3.8) is 0 Å². The highest BCUT2D eigenvalue weighted by Gasteiger charge is 2.25. The lowest BCUT2D eigenvalue weighted by Crippen LogP contribution is -2.32. The van der Waals surface area contributed by atoms with Gasteiger partial charge in [0.1, 0.15) is 5.75 Å². The summed E-state index contributed by atoms with van der Waals surface area (Å²) in [5.41, 5.74) is 0.321. The molecule has 2 rings (SSSR count). The van der Waals surface area contributed by atoms with E-state index in [0.29, 0.717) is 5.56 Å². The summed E-state index contributed by atoms with van der Waals surface area (Å²) in [6.07, 6.45) is -2.73. The largest absolute Gasteiger partial charge is 0.494 e. The summed E-state index contributed by atoms with van der Waals surface area (Å²) in [5.74, 6) is -1.57. The fourth-order valence-electron chi connectivity index (χ4n) is 2.19. The normalized spacial score (nSPS) is 12.6. The first kappa shape index (κ1) is 19.9. The second kappa shape index (κ2) is 8.77. The number of esters is 1. The molecule has 142 valence electrons. The molecule has 0 aliphatic carbocycles.